The van der Waals surface area contributed by atoms with Crippen LogP contribution in [0.1, 0.15) is 34.1 Å². The fourth-order valence-corrected chi connectivity index (χ4v) is 3.25. The van der Waals surface area contributed by atoms with E-state index in [9.17, 15) is 15.2 Å². The van der Waals surface area contributed by atoms with Gasteiger partial charge in [-0.25, -0.2) is 4.98 Å². The highest BCUT2D eigenvalue weighted by Gasteiger charge is 2.13. The molecule has 0 spiro atoms. The Kier molecular flexibility index (Phi) is 6.57. The van der Waals surface area contributed by atoms with Crippen molar-refractivity contribution in [2.45, 2.75) is 31.9 Å². The second-order valence-corrected chi connectivity index (χ2v) is 6.74. The average Bonchev–Trinajstić information content (AvgIpc) is 2.58. The third-order valence-electron chi connectivity index (χ3n) is 3.54. The van der Waals surface area contributed by atoms with E-state index in [0.29, 0.717) is 27.7 Å². The molecule has 2 rings (SSSR count). The molecule has 1 aromatic heterocycles. The summed E-state index contributed by atoms with van der Waals surface area (Å²) >= 11 is 1.34. The molecule has 130 valence electrons. The lowest BCUT2D eigenvalue weighted by Gasteiger charge is -2.13. The van der Waals surface area contributed by atoms with Crippen molar-refractivity contribution >= 4 is 17.5 Å². The third kappa shape index (κ3) is 5.31. The van der Waals surface area contributed by atoms with Gasteiger partial charge in [-0.3, -0.25) is 4.79 Å². The number of thioether (sulfide) groups is 1. The molecule has 0 aliphatic rings. The Labute approximate surface area is 151 Å². The fraction of sp³-hybridized carbons (Fsp3) is 0.316. The van der Waals surface area contributed by atoms with Crippen molar-refractivity contribution in [3.63, 3.8) is 0 Å². The van der Waals surface area contributed by atoms with Crippen LogP contribution in [-0.4, -0.2) is 34.3 Å². The number of aryl methyl sites for hydroxylation is 2. The topological polar surface area (TPSA) is 83.2 Å². The van der Waals surface area contributed by atoms with Crippen LogP contribution in [0.4, 0.5) is 0 Å². The summed E-state index contributed by atoms with van der Waals surface area (Å²) in [7, 11) is 0. The maximum Gasteiger partial charge on any atom is 0.159 e. The van der Waals surface area contributed by atoms with E-state index in [1.54, 1.807) is 24.3 Å². The van der Waals surface area contributed by atoms with Gasteiger partial charge >= 0.3 is 0 Å². The minimum atomic E-state index is -0.702. The number of benzene rings is 1. The van der Waals surface area contributed by atoms with Gasteiger partial charge in [0.2, 0.25) is 0 Å². The number of hydrogen-bond donors (Lipinski definition) is 1. The van der Waals surface area contributed by atoms with E-state index in [-0.39, 0.29) is 12.4 Å². The first-order valence-corrected chi connectivity index (χ1v) is 8.82. The Morgan fingerprint density at radius 2 is 2.04 bits per heavy atom. The van der Waals surface area contributed by atoms with E-state index < -0.39 is 6.10 Å². The number of hydrogen-bond acceptors (Lipinski definition) is 6. The lowest BCUT2D eigenvalue weighted by molar-refractivity contribution is 0.101. The number of Topliss-reactive ketones (excluding diaryl/α,β-unsaturated/α-hetero) is 1. The van der Waals surface area contributed by atoms with Crippen LogP contribution in [0, 0.1) is 25.2 Å². The molecule has 1 aromatic carbocycles. The van der Waals surface area contributed by atoms with Crippen LogP contribution >= 0.6 is 11.8 Å². The summed E-state index contributed by atoms with van der Waals surface area (Å²) in [6.07, 6.45) is -0.702. The lowest BCUT2D eigenvalue weighted by atomic mass is 10.1. The monoisotopic (exact) mass is 356 g/mol. The van der Waals surface area contributed by atoms with Gasteiger partial charge in [0.15, 0.2) is 5.78 Å². The van der Waals surface area contributed by atoms with Gasteiger partial charge in [0.25, 0.3) is 0 Å². The van der Waals surface area contributed by atoms with Gasteiger partial charge in [-0.2, -0.15) is 5.26 Å². The molecule has 1 N–H and O–H groups in total. The van der Waals surface area contributed by atoms with Crippen molar-refractivity contribution in [1.29, 1.82) is 5.26 Å². The van der Waals surface area contributed by atoms with Crippen LogP contribution in [0.3, 0.4) is 0 Å². The van der Waals surface area contributed by atoms with Gasteiger partial charge < -0.3 is 9.84 Å². The number of aromatic nitrogens is 1. The van der Waals surface area contributed by atoms with Crippen LogP contribution in [0.25, 0.3) is 0 Å². The number of carbonyl (C=O) groups excluding carboxylic acids is 1. The smallest absolute Gasteiger partial charge is 0.159 e. The molecule has 2 aromatic rings. The molecule has 1 atom stereocenters. The number of carbonyl (C=O) groups is 1. The summed E-state index contributed by atoms with van der Waals surface area (Å²) < 4.78 is 5.53. The molecule has 0 saturated heterocycles. The van der Waals surface area contributed by atoms with Gasteiger partial charge in [0.05, 0.1) is 11.7 Å². The van der Waals surface area contributed by atoms with E-state index in [1.807, 2.05) is 19.9 Å². The average molecular weight is 356 g/mol. The van der Waals surface area contributed by atoms with E-state index in [1.165, 1.54) is 18.7 Å². The highest BCUT2D eigenvalue weighted by atomic mass is 32.2. The summed E-state index contributed by atoms with van der Waals surface area (Å²) in [4.78, 5) is 15.6. The quantitative estimate of drug-likeness (QED) is 0.605. The van der Waals surface area contributed by atoms with E-state index in [2.05, 4.69) is 11.1 Å². The minimum Gasteiger partial charge on any atom is -0.491 e. The molecule has 0 amide bonds. The molecular weight excluding hydrogens is 336 g/mol. The molecule has 0 radical (unpaired) electrons. The predicted octanol–water partition coefficient (Wildman–Crippen LogP) is 3.30. The molecule has 1 heterocycles. The Hall–Kier alpha value is -2.36. The number of ketones is 1. The maximum atomic E-state index is 11.2. The molecule has 0 bridgehead atoms. The number of aliphatic hydroxyl groups excluding tert-OH is 1. The van der Waals surface area contributed by atoms with Crippen molar-refractivity contribution in [2.75, 3.05) is 12.4 Å². The fourth-order valence-electron chi connectivity index (χ4n) is 2.24. The van der Waals surface area contributed by atoms with Crippen LogP contribution in [-0.2, 0) is 0 Å². The molecule has 0 fully saturated rings. The predicted molar refractivity (Wildman–Crippen MR) is 97.1 cm³/mol. The SMILES string of the molecule is CC(=O)c1ccc(OC[C@@H](O)CSc2nc(C)cc(C)c2C#N)cc1. The van der Waals surface area contributed by atoms with Crippen molar-refractivity contribution in [3.05, 3.63) is 52.7 Å². The van der Waals surface area contributed by atoms with Crippen LogP contribution in [0.2, 0.25) is 0 Å². The number of pyridine rings is 1. The Balaban J connectivity index is 1.90. The number of nitrogens with zero attached hydrogens (tertiary/aromatic N) is 2. The second-order valence-electron chi connectivity index (χ2n) is 5.73. The first kappa shape index (κ1) is 19.0. The first-order chi connectivity index (χ1) is 11.9. The maximum absolute atomic E-state index is 11.2. The van der Waals surface area contributed by atoms with Crippen molar-refractivity contribution in [1.82, 2.24) is 4.98 Å². The Morgan fingerprint density at radius 1 is 1.36 bits per heavy atom. The van der Waals surface area contributed by atoms with Crippen LogP contribution in [0.15, 0.2) is 35.4 Å². The van der Waals surface area contributed by atoms with Crippen LogP contribution in [0.5, 0.6) is 5.75 Å². The Bertz CT molecular complexity index is 798. The molecule has 0 saturated carbocycles. The highest BCUT2D eigenvalue weighted by Crippen LogP contribution is 2.24. The van der Waals surface area contributed by atoms with E-state index >= 15 is 0 Å². The zero-order chi connectivity index (χ0) is 18.4. The number of nitriles is 1. The van der Waals surface area contributed by atoms with Gasteiger partial charge in [0.1, 0.15) is 23.5 Å². The molecule has 0 aliphatic heterocycles. The van der Waals surface area contributed by atoms with Gasteiger partial charge in [-0.05, 0) is 56.7 Å². The highest BCUT2D eigenvalue weighted by molar-refractivity contribution is 7.99. The zero-order valence-corrected chi connectivity index (χ0v) is 15.3. The third-order valence-corrected chi connectivity index (χ3v) is 4.66. The number of ether oxygens (including phenoxy) is 1. The number of rotatable bonds is 7. The molecule has 6 heteroatoms. The van der Waals surface area contributed by atoms with Gasteiger partial charge in [-0.15, -0.1) is 11.8 Å². The normalized spacial score (nSPS) is 11.6. The standard InChI is InChI=1S/C19H20N2O3S/c1-12-8-13(2)21-19(18(12)9-20)25-11-16(23)10-24-17-6-4-15(5-7-17)14(3)22/h4-8,16,23H,10-11H2,1-3H3/t16-/m1/s1. The molecule has 0 unspecified atom stereocenters. The molecule has 0 aliphatic carbocycles. The summed E-state index contributed by atoms with van der Waals surface area (Å²) in [5, 5.41) is 20.0. The zero-order valence-electron chi connectivity index (χ0n) is 14.4. The van der Waals surface area contributed by atoms with Crippen molar-refractivity contribution in [3.8, 4) is 11.8 Å². The largest absolute Gasteiger partial charge is 0.491 e. The van der Waals surface area contributed by atoms with Gasteiger partial charge in [0, 0.05) is 17.0 Å². The van der Waals surface area contributed by atoms with E-state index in [4.69, 9.17) is 4.74 Å². The summed E-state index contributed by atoms with van der Waals surface area (Å²) in [6.45, 7) is 5.39. The van der Waals surface area contributed by atoms with E-state index in [0.717, 1.165) is 11.3 Å². The minimum absolute atomic E-state index is 0.00257. The van der Waals surface area contributed by atoms with Crippen LogP contribution < -0.4 is 4.74 Å². The lowest BCUT2D eigenvalue weighted by Crippen LogP contribution is -2.20. The molecular formula is C19H20N2O3S. The Morgan fingerprint density at radius 3 is 2.64 bits per heavy atom. The summed E-state index contributed by atoms with van der Waals surface area (Å²) in [5.74, 6) is 0.962. The van der Waals surface area contributed by atoms with Crippen molar-refractivity contribution < 1.29 is 14.6 Å². The summed E-state index contributed by atoms with van der Waals surface area (Å²) in [5.41, 5.74) is 2.89. The first-order valence-electron chi connectivity index (χ1n) is 7.83. The second kappa shape index (κ2) is 8.65. The molecule has 5 nitrogen and oxygen atoms in total. The van der Waals surface area contributed by atoms with Gasteiger partial charge in [-0.1, -0.05) is 0 Å². The molecule has 25 heavy (non-hydrogen) atoms. The van der Waals surface area contributed by atoms with Crippen molar-refractivity contribution in [2.24, 2.45) is 0 Å². The number of aliphatic hydroxyl groups is 1. The summed E-state index contributed by atoms with van der Waals surface area (Å²) in [6, 6.07) is 10.8.